The molecule has 6 heteroatoms. The highest BCUT2D eigenvalue weighted by Crippen LogP contribution is 2.34. The fourth-order valence-corrected chi connectivity index (χ4v) is 2.41. The second kappa shape index (κ2) is 8.21. The zero-order valence-corrected chi connectivity index (χ0v) is 15.4. The number of carbonyl (C=O) groups excluding carboxylic acids is 1. The third-order valence-electron chi connectivity index (χ3n) is 3.87. The summed E-state index contributed by atoms with van der Waals surface area (Å²) in [5.74, 6) is 0.180. The van der Waals surface area contributed by atoms with Gasteiger partial charge in [-0.3, -0.25) is 4.79 Å². The number of halogens is 2. The first-order chi connectivity index (χ1) is 11.8. The largest absolute Gasteiger partial charge is 0.496 e. The Balaban J connectivity index is 2.27. The summed E-state index contributed by atoms with van der Waals surface area (Å²) in [4.78, 5) is 13.6. The van der Waals surface area contributed by atoms with Gasteiger partial charge in [0, 0.05) is 29.7 Å². The molecule has 134 valence electrons. The van der Waals surface area contributed by atoms with E-state index in [1.54, 1.807) is 36.2 Å². The van der Waals surface area contributed by atoms with Crippen LogP contribution < -0.4 is 9.47 Å². The molecule has 0 saturated heterocycles. The zero-order chi connectivity index (χ0) is 18.6. The Morgan fingerprint density at radius 2 is 1.96 bits per heavy atom. The Kier molecular flexibility index (Phi) is 6.26. The molecule has 0 aliphatic rings. The average Bonchev–Trinajstić information content (AvgIpc) is 2.58. The van der Waals surface area contributed by atoms with E-state index in [4.69, 9.17) is 21.1 Å². The number of methoxy groups -OCH3 is 1. The Hall–Kier alpha value is -2.27. The standard InChI is InChI=1S/C19H21ClFNO3/c1-12(2)22(3)19(23)11-25-16-8-13(7-15(21)10-16)17-9-14(20)5-6-18(17)24-4/h5-10,12H,11H2,1-4H3. The summed E-state index contributed by atoms with van der Waals surface area (Å²) in [5.41, 5.74) is 1.20. The van der Waals surface area contributed by atoms with Crippen LogP contribution in [0.15, 0.2) is 36.4 Å². The van der Waals surface area contributed by atoms with Gasteiger partial charge in [-0.1, -0.05) is 11.6 Å². The zero-order valence-electron chi connectivity index (χ0n) is 14.7. The van der Waals surface area contributed by atoms with Gasteiger partial charge >= 0.3 is 0 Å². The first kappa shape index (κ1) is 19.1. The van der Waals surface area contributed by atoms with Crippen molar-refractivity contribution in [3.05, 3.63) is 47.2 Å². The molecule has 0 spiro atoms. The van der Waals surface area contributed by atoms with Crippen molar-refractivity contribution >= 4 is 17.5 Å². The van der Waals surface area contributed by atoms with Crippen LogP contribution in [0.3, 0.4) is 0 Å². The van der Waals surface area contributed by atoms with Crippen molar-refractivity contribution in [3.8, 4) is 22.6 Å². The molecule has 0 N–H and O–H groups in total. The molecule has 0 atom stereocenters. The Morgan fingerprint density at radius 3 is 2.60 bits per heavy atom. The van der Waals surface area contributed by atoms with Crippen LogP contribution in [0.25, 0.3) is 11.1 Å². The van der Waals surface area contributed by atoms with Crippen molar-refractivity contribution in [1.82, 2.24) is 4.90 Å². The quantitative estimate of drug-likeness (QED) is 0.761. The van der Waals surface area contributed by atoms with Gasteiger partial charge in [0.25, 0.3) is 5.91 Å². The number of nitrogens with zero attached hydrogens (tertiary/aromatic N) is 1. The molecule has 1 amide bonds. The maximum atomic E-state index is 14.0. The van der Waals surface area contributed by atoms with Crippen LogP contribution in [0.5, 0.6) is 11.5 Å². The van der Waals surface area contributed by atoms with Crippen molar-refractivity contribution < 1.29 is 18.7 Å². The molecule has 0 heterocycles. The monoisotopic (exact) mass is 365 g/mol. The van der Waals surface area contributed by atoms with E-state index in [1.165, 1.54) is 19.2 Å². The Labute approximate surface area is 152 Å². The Bertz CT molecular complexity index is 764. The smallest absolute Gasteiger partial charge is 0.260 e. The molecule has 0 aliphatic heterocycles. The number of rotatable bonds is 6. The van der Waals surface area contributed by atoms with E-state index in [1.807, 2.05) is 13.8 Å². The van der Waals surface area contributed by atoms with Crippen molar-refractivity contribution in [2.45, 2.75) is 19.9 Å². The van der Waals surface area contributed by atoms with Crippen LogP contribution >= 0.6 is 11.6 Å². The predicted molar refractivity (Wildman–Crippen MR) is 96.8 cm³/mol. The van der Waals surface area contributed by atoms with Crippen LogP contribution in [0, 0.1) is 5.82 Å². The number of amides is 1. The second-order valence-corrected chi connectivity index (χ2v) is 6.34. The maximum absolute atomic E-state index is 14.0. The summed E-state index contributed by atoms with van der Waals surface area (Å²) >= 11 is 6.04. The van der Waals surface area contributed by atoms with Gasteiger partial charge in [0.05, 0.1) is 7.11 Å². The van der Waals surface area contributed by atoms with Crippen molar-refractivity contribution in [2.24, 2.45) is 0 Å². The number of carbonyl (C=O) groups is 1. The third-order valence-corrected chi connectivity index (χ3v) is 4.11. The molecule has 4 nitrogen and oxygen atoms in total. The lowest BCUT2D eigenvalue weighted by molar-refractivity contribution is -0.133. The fraction of sp³-hybridized carbons (Fsp3) is 0.316. The summed E-state index contributed by atoms with van der Waals surface area (Å²) in [6, 6.07) is 9.42. The Morgan fingerprint density at radius 1 is 1.24 bits per heavy atom. The van der Waals surface area contributed by atoms with Gasteiger partial charge in [0.1, 0.15) is 17.3 Å². The molecule has 0 aliphatic carbocycles. The van der Waals surface area contributed by atoms with E-state index in [9.17, 15) is 9.18 Å². The predicted octanol–water partition coefficient (Wildman–Crippen LogP) is 4.40. The van der Waals surface area contributed by atoms with E-state index >= 15 is 0 Å². The minimum atomic E-state index is -0.473. The lowest BCUT2D eigenvalue weighted by Gasteiger charge is -2.21. The lowest BCUT2D eigenvalue weighted by Crippen LogP contribution is -2.36. The van der Waals surface area contributed by atoms with Crippen molar-refractivity contribution in [3.63, 3.8) is 0 Å². The van der Waals surface area contributed by atoms with Gasteiger partial charge in [-0.05, 0) is 49.7 Å². The molecular weight excluding hydrogens is 345 g/mol. The van der Waals surface area contributed by atoms with Crippen LogP contribution in [0.2, 0.25) is 5.02 Å². The van der Waals surface area contributed by atoms with E-state index in [2.05, 4.69) is 0 Å². The number of likely N-dealkylation sites (N-methyl/N-ethyl adjacent to an activating group) is 1. The first-order valence-electron chi connectivity index (χ1n) is 7.84. The fourth-order valence-electron chi connectivity index (χ4n) is 2.24. The summed E-state index contributed by atoms with van der Waals surface area (Å²) in [5, 5.41) is 0.510. The molecule has 25 heavy (non-hydrogen) atoms. The average molecular weight is 366 g/mol. The van der Waals surface area contributed by atoms with Gasteiger partial charge in [0.15, 0.2) is 6.61 Å². The highest BCUT2D eigenvalue weighted by atomic mass is 35.5. The molecule has 2 aromatic rings. The molecule has 0 unspecified atom stereocenters. The van der Waals surface area contributed by atoms with Gasteiger partial charge in [-0.2, -0.15) is 0 Å². The van der Waals surface area contributed by atoms with Crippen molar-refractivity contribution in [1.29, 1.82) is 0 Å². The first-order valence-corrected chi connectivity index (χ1v) is 8.22. The van der Waals surface area contributed by atoms with Gasteiger partial charge in [-0.15, -0.1) is 0 Å². The maximum Gasteiger partial charge on any atom is 0.260 e. The highest BCUT2D eigenvalue weighted by Gasteiger charge is 2.14. The molecular formula is C19H21ClFNO3. The van der Waals surface area contributed by atoms with Crippen LogP contribution in [-0.4, -0.2) is 37.6 Å². The third kappa shape index (κ3) is 4.86. The van der Waals surface area contributed by atoms with Gasteiger partial charge in [0.2, 0.25) is 0 Å². The number of hydrogen-bond acceptors (Lipinski definition) is 3. The minimum absolute atomic E-state index is 0.0647. The molecule has 2 rings (SSSR count). The molecule has 0 saturated carbocycles. The number of benzene rings is 2. The molecule has 0 bridgehead atoms. The van der Waals surface area contributed by atoms with Gasteiger partial charge in [-0.25, -0.2) is 4.39 Å². The van der Waals surface area contributed by atoms with Crippen LogP contribution in [-0.2, 0) is 4.79 Å². The lowest BCUT2D eigenvalue weighted by atomic mass is 10.0. The molecule has 2 aromatic carbocycles. The summed E-state index contributed by atoms with van der Waals surface area (Å²) in [7, 11) is 3.23. The van der Waals surface area contributed by atoms with E-state index in [0.29, 0.717) is 21.9 Å². The highest BCUT2D eigenvalue weighted by molar-refractivity contribution is 6.31. The second-order valence-electron chi connectivity index (χ2n) is 5.91. The molecule has 0 radical (unpaired) electrons. The van der Waals surface area contributed by atoms with E-state index in [-0.39, 0.29) is 24.3 Å². The van der Waals surface area contributed by atoms with Crippen molar-refractivity contribution in [2.75, 3.05) is 20.8 Å². The topological polar surface area (TPSA) is 38.8 Å². The number of ether oxygens (including phenoxy) is 2. The summed E-state index contributed by atoms with van der Waals surface area (Å²) < 4.78 is 24.8. The molecule has 0 fully saturated rings. The summed E-state index contributed by atoms with van der Waals surface area (Å²) in [6.45, 7) is 3.65. The summed E-state index contributed by atoms with van der Waals surface area (Å²) in [6.07, 6.45) is 0. The SMILES string of the molecule is COc1ccc(Cl)cc1-c1cc(F)cc(OCC(=O)N(C)C(C)C)c1. The molecule has 0 aromatic heterocycles. The normalized spacial score (nSPS) is 10.7. The van der Waals surface area contributed by atoms with E-state index < -0.39 is 5.82 Å². The van der Waals surface area contributed by atoms with Crippen LogP contribution in [0.4, 0.5) is 4.39 Å². The van der Waals surface area contributed by atoms with Crippen LogP contribution in [0.1, 0.15) is 13.8 Å². The van der Waals surface area contributed by atoms with Gasteiger partial charge < -0.3 is 14.4 Å². The number of hydrogen-bond donors (Lipinski definition) is 0. The minimum Gasteiger partial charge on any atom is -0.496 e. The van der Waals surface area contributed by atoms with E-state index in [0.717, 1.165) is 0 Å².